The molecule has 2 saturated carbocycles. The van der Waals surface area contributed by atoms with E-state index in [0.717, 1.165) is 42.5 Å². The molecule has 2 heterocycles. The third kappa shape index (κ3) is 5.01. The first-order chi connectivity index (χ1) is 17.4. The minimum absolute atomic E-state index is 0.0679. The van der Waals surface area contributed by atoms with Crippen LogP contribution in [-0.4, -0.2) is 35.8 Å². The van der Waals surface area contributed by atoms with Gasteiger partial charge in [-0.25, -0.2) is 9.18 Å². The van der Waals surface area contributed by atoms with Gasteiger partial charge < -0.3 is 14.8 Å². The van der Waals surface area contributed by atoms with Crippen LogP contribution < -0.4 is 5.32 Å². The molecule has 1 saturated heterocycles. The smallest absolute Gasteiger partial charge is 0.407 e. The molecule has 7 heteroatoms. The lowest BCUT2D eigenvalue weighted by Crippen LogP contribution is -2.48. The van der Waals surface area contributed by atoms with E-state index in [2.05, 4.69) is 16.4 Å². The number of aromatic nitrogens is 1. The fourth-order valence-corrected chi connectivity index (χ4v) is 6.64. The van der Waals surface area contributed by atoms with Crippen LogP contribution in [0, 0.1) is 35.4 Å². The van der Waals surface area contributed by atoms with Crippen LogP contribution >= 0.6 is 0 Å². The van der Waals surface area contributed by atoms with Crippen LogP contribution in [0.15, 0.2) is 48.7 Å². The minimum atomic E-state index is -0.368. The summed E-state index contributed by atoms with van der Waals surface area (Å²) < 4.78 is 24.3. The maximum atomic E-state index is 13.6. The molecule has 7 atom stereocenters. The van der Waals surface area contributed by atoms with Crippen molar-refractivity contribution in [1.82, 2.24) is 10.3 Å². The Hall–Kier alpha value is -3.22. The van der Waals surface area contributed by atoms with Gasteiger partial charge in [0.2, 0.25) is 0 Å². The molecule has 190 valence electrons. The van der Waals surface area contributed by atoms with Gasteiger partial charge in [0.15, 0.2) is 0 Å². The molecule has 3 aliphatic rings. The lowest BCUT2D eigenvalue weighted by atomic mass is 9.57. The average molecular weight is 493 g/mol. The van der Waals surface area contributed by atoms with Crippen LogP contribution in [0.1, 0.15) is 45.2 Å². The van der Waals surface area contributed by atoms with Crippen molar-refractivity contribution in [2.24, 2.45) is 29.6 Å². The molecular weight excluding hydrogens is 459 g/mol. The van der Waals surface area contributed by atoms with Crippen molar-refractivity contribution in [1.29, 1.82) is 0 Å². The maximum absolute atomic E-state index is 13.6. The van der Waals surface area contributed by atoms with E-state index in [1.54, 1.807) is 19.2 Å². The number of nitrogens with one attached hydrogen (secondary N) is 1. The normalized spacial score (nSPS) is 31.4. The maximum Gasteiger partial charge on any atom is 0.407 e. The van der Waals surface area contributed by atoms with Gasteiger partial charge in [0.25, 0.3) is 0 Å². The number of benzene rings is 1. The molecule has 5 rings (SSSR count). The first-order valence-corrected chi connectivity index (χ1v) is 13.0. The first-order valence-electron chi connectivity index (χ1n) is 13.0. The minimum Gasteiger partial charge on any atom is -0.462 e. The summed E-state index contributed by atoms with van der Waals surface area (Å²) in [6, 6.07) is 10.4. The predicted molar refractivity (Wildman–Crippen MR) is 134 cm³/mol. The van der Waals surface area contributed by atoms with E-state index >= 15 is 0 Å². The molecule has 36 heavy (non-hydrogen) atoms. The number of esters is 1. The van der Waals surface area contributed by atoms with Crippen LogP contribution in [0.4, 0.5) is 9.18 Å². The number of hydrogen-bond donors (Lipinski definition) is 1. The Balaban J connectivity index is 1.34. The fraction of sp³-hybridized carbons (Fsp3) is 0.483. The van der Waals surface area contributed by atoms with Gasteiger partial charge in [-0.15, -0.1) is 0 Å². The number of pyridine rings is 1. The van der Waals surface area contributed by atoms with Crippen molar-refractivity contribution >= 4 is 18.1 Å². The monoisotopic (exact) mass is 492 g/mol. The van der Waals surface area contributed by atoms with Crippen molar-refractivity contribution in [3.8, 4) is 11.1 Å². The van der Waals surface area contributed by atoms with E-state index < -0.39 is 0 Å². The number of rotatable bonds is 5. The summed E-state index contributed by atoms with van der Waals surface area (Å²) >= 11 is 0. The Bertz CT molecular complexity index is 1130. The fourth-order valence-electron chi connectivity index (χ4n) is 6.64. The lowest BCUT2D eigenvalue weighted by molar-refractivity contribution is -0.144. The largest absolute Gasteiger partial charge is 0.462 e. The number of carbonyl (C=O) groups is 2. The zero-order chi connectivity index (χ0) is 25.2. The van der Waals surface area contributed by atoms with E-state index in [1.807, 2.05) is 31.2 Å². The van der Waals surface area contributed by atoms with Crippen LogP contribution in [0.25, 0.3) is 17.2 Å². The molecule has 0 radical (unpaired) electrons. The SMILES string of the molecule is CCOC(=O)N[C@@H]1CC[C@H]2[C@@H](C1)C[C@H]1C(=O)O[C@@H](C)[C@H]1[C@@H]2/C=C/c1ccc(-c2cccc(F)c2)cn1. The third-order valence-electron chi connectivity index (χ3n) is 8.18. The summed E-state index contributed by atoms with van der Waals surface area (Å²) in [6.45, 7) is 4.15. The number of fused-ring (bicyclic) bond motifs is 2. The van der Waals surface area contributed by atoms with Crippen molar-refractivity contribution < 1.29 is 23.5 Å². The molecule has 3 fully saturated rings. The Morgan fingerprint density at radius 1 is 1.22 bits per heavy atom. The van der Waals surface area contributed by atoms with Crippen LogP contribution in [0.3, 0.4) is 0 Å². The van der Waals surface area contributed by atoms with Gasteiger partial charge >= 0.3 is 12.1 Å². The topological polar surface area (TPSA) is 77.5 Å². The Labute approximate surface area is 211 Å². The number of allylic oxidation sites excluding steroid dienone is 1. The van der Waals surface area contributed by atoms with Gasteiger partial charge in [-0.05, 0) is 87.1 Å². The molecule has 2 aliphatic carbocycles. The molecule has 0 spiro atoms. The van der Waals surface area contributed by atoms with Crippen molar-refractivity contribution in [2.45, 2.75) is 51.7 Å². The quantitative estimate of drug-likeness (QED) is 0.548. The predicted octanol–water partition coefficient (Wildman–Crippen LogP) is 5.63. The molecule has 0 bridgehead atoms. The molecular formula is C29H33FN2O4. The Morgan fingerprint density at radius 2 is 2.08 bits per heavy atom. The number of hydrogen-bond acceptors (Lipinski definition) is 5. The van der Waals surface area contributed by atoms with Gasteiger partial charge in [-0.3, -0.25) is 9.78 Å². The summed E-state index contributed by atoms with van der Waals surface area (Å²) in [5.74, 6) is 0.629. The van der Waals surface area contributed by atoms with Crippen molar-refractivity contribution in [3.05, 3.63) is 60.2 Å². The first kappa shape index (κ1) is 24.5. The molecule has 1 aromatic heterocycles. The highest BCUT2D eigenvalue weighted by Gasteiger charge is 2.54. The van der Waals surface area contributed by atoms with E-state index in [-0.39, 0.29) is 47.8 Å². The van der Waals surface area contributed by atoms with Crippen LogP contribution in [0.2, 0.25) is 0 Å². The van der Waals surface area contributed by atoms with Crippen LogP contribution in [0.5, 0.6) is 0 Å². The Morgan fingerprint density at radius 3 is 2.83 bits per heavy atom. The van der Waals surface area contributed by atoms with Gasteiger partial charge in [-0.1, -0.05) is 24.3 Å². The molecule has 1 amide bonds. The average Bonchev–Trinajstić information content (AvgIpc) is 3.15. The number of cyclic esters (lactones) is 1. The van der Waals surface area contributed by atoms with Crippen molar-refractivity contribution in [3.63, 3.8) is 0 Å². The van der Waals surface area contributed by atoms with Gasteiger partial charge in [0, 0.05) is 23.7 Å². The summed E-state index contributed by atoms with van der Waals surface area (Å²) in [5, 5.41) is 3.00. The summed E-state index contributed by atoms with van der Waals surface area (Å²) in [4.78, 5) is 29.2. The summed E-state index contributed by atoms with van der Waals surface area (Å²) in [6.07, 6.45) is 9.07. The molecule has 2 aromatic rings. The molecule has 1 aromatic carbocycles. The zero-order valence-electron chi connectivity index (χ0n) is 20.7. The van der Waals surface area contributed by atoms with Crippen molar-refractivity contribution in [2.75, 3.05) is 6.61 Å². The highest BCUT2D eigenvalue weighted by Crippen LogP contribution is 2.53. The van der Waals surface area contributed by atoms with Gasteiger partial charge in [-0.2, -0.15) is 0 Å². The van der Waals surface area contributed by atoms with Gasteiger partial charge in [0.1, 0.15) is 11.9 Å². The second-order valence-electron chi connectivity index (χ2n) is 10.3. The number of amides is 1. The number of ether oxygens (including phenoxy) is 2. The number of halogens is 1. The molecule has 1 aliphatic heterocycles. The van der Waals surface area contributed by atoms with E-state index in [1.165, 1.54) is 12.1 Å². The second-order valence-corrected chi connectivity index (χ2v) is 10.3. The third-order valence-corrected chi connectivity index (χ3v) is 8.18. The molecule has 6 nitrogen and oxygen atoms in total. The van der Waals surface area contributed by atoms with E-state index in [9.17, 15) is 14.0 Å². The molecule has 1 N–H and O–H groups in total. The van der Waals surface area contributed by atoms with Crippen LogP contribution in [-0.2, 0) is 14.3 Å². The Kier molecular flexibility index (Phi) is 7.08. The second kappa shape index (κ2) is 10.4. The summed E-state index contributed by atoms with van der Waals surface area (Å²) in [7, 11) is 0. The van der Waals surface area contributed by atoms with E-state index in [0.29, 0.717) is 18.4 Å². The zero-order valence-corrected chi connectivity index (χ0v) is 20.7. The lowest BCUT2D eigenvalue weighted by Gasteiger charge is -2.47. The number of nitrogens with zero attached hydrogens (tertiary/aromatic N) is 1. The highest BCUT2D eigenvalue weighted by atomic mass is 19.1. The number of carbonyl (C=O) groups excluding carboxylic acids is 2. The summed E-state index contributed by atoms with van der Waals surface area (Å²) in [5.41, 5.74) is 2.48. The van der Waals surface area contributed by atoms with Gasteiger partial charge in [0.05, 0.1) is 18.2 Å². The number of alkyl carbamates (subject to hydrolysis) is 1. The standard InChI is InChI=1S/C29H33FN2O4/c1-3-35-29(34)32-23-10-11-24-20(14-23)15-26-27(17(2)36-28(26)33)25(24)12-9-22-8-7-19(16-31-22)18-5-4-6-21(30)13-18/h4-9,12-13,16-17,20,23-27H,3,10-11,14-15H2,1-2H3,(H,32,34)/b12-9+/t17-,20-,23+,24-,25+,26+,27-/m0/s1. The highest BCUT2D eigenvalue weighted by molar-refractivity contribution is 5.75. The van der Waals surface area contributed by atoms with E-state index in [4.69, 9.17) is 9.47 Å². The molecule has 0 unspecified atom stereocenters.